The Morgan fingerprint density at radius 1 is 1.18 bits per heavy atom. The lowest BCUT2D eigenvalue weighted by atomic mass is 9.89. The molecule has 1 nitrogen and oxygen atoms in total. The van der Waals surface area contributed by atoms with Crippen molar-refractivity contribution in [2.24, 2.45) is 17.8 Å². The largest absolute Gasteiger partial charge is 0.309 e. The summed E-state index contributed by atoms with van der Waals surface area (Å²) >= 11 is 0. The third-order valence-electron chi connectivity index (χ3n) is 3.48. The fourth-order valence-electron chi connectivity index (χ4n) is 3.07. The van der Waals surface area contributed by atoms with Crippen LogP contribution in [0.15, 0.2) is 0 Å². The summed E-state index contributed by atoms with van der Waals surface area (Å²) < 4.78 is 0. The molecule has 11 heavy (non-hydrogen) atoms. The molecule has 2 aliphatic carbocycles. The van der Waals surface area contributed by atoms with Gasteiger partial charge in [-0.25, -0.2) is 0 Å². The minimum atomic E-state index is 1.05. The molecule has 3 unspecified atom stereocenters. The minimum Gasteiger partial charge on any atom is -0.309 e. The lowest BCUT2D eigenvalue weighted by Crippen LogP contribution is -2.25. The van der Waals surface area contributed by atoms with Gasteiger partial charge in [0.2, 0.25) is 0 Å². The van der Waals surface area contributed by atoms with Crippen molar-refractivity contribution in [3.8, 4) is 0 Å². The van der Waals surface area contributed by atoms with E-state index in [0.29, 0.717) is 0 Å². The molecule has 3 atom stereocenters. The van der Waals surface area contributed by atoms with Gasteiger partial charge in [-0.05, 0) is 51.1 Å². The summed E-state index contributed by atoms with van der Waals surface area (Å²) in [6.45, 7) is 1.33. The van der Waals surface area contributed by atoms with Crippen LogP contribution in [0, 0.1) is 17.8 Å². The van der Waals surface area contributed by atoms with Gasteiger partial charge in [0.15, 0.2) is 0 Å². The fourth-order valence-corrected chi connectivity index (χ4v) is 3.07. The summed E-state index contributed by atoms with van der Waals surface area (Å²) in [7, 11) is 4.40. The number of hydrogen-bond acceptors (Lipinski definition) is 1. The second-order valence-electron chi connectivity index (χ2n) is 4.70. The van der Waals surface area contributed by atoms with Crippen LogP contribution in [0.5, 0.6) is 0 Å². The van der Waals surface area contributed by atoms with Crippen LogP contribution in [0.1, 0.15) is 25.7 Å². The molecule has 2 saturated carbocycles. The van der Waals surface area contributed by atoms with Crippen molar-refractivity contribution in [2.75, 3.05) is 20.6 Å². The monoisotopic (exact) mass is 153 g/mol. The van der Waals surface area contributed by atoms with Gasteiger partial charge in [0.05, 0.1) is 0 Å². The van der Waals surface area contributed by atoms with E-state index >= 15 is 0 Å². The SMILES string of the molecule is CN(C)CC1CC2CCC1C2. The zero-order chi connectivity index (χ0) is 7.84. The second-order valence-corrected chi connectivity index (χ2v) is 4.70. The molecular formula is C10H19N. The van der Waals surface area contributed by atoms with Crippen molar-refractivity contribution in [3.63, 3.8) is 0 Å². The first-order valence-corrected chi connectivity index (χ1v) is 4.90. The van der Waals surface area contributed by atoms with Crippen molar-refractivity contribution >= 4 is 0 Å². The van der Waals surface area contributed by atoms with Crippen LogP contribution >= 0.6 is 0 Å². The molecular weight excluding hydrogens is 134 g/mol. The summed E-state index contributed by atoms with van der Waals surface area (Å²) in [6, 6.07) is 0. The first-order chi connectivity index (χ1) is 5.25. The van der Waals surface area contributed by atoms with Gasteiger partial charge in [0.25, 0.3) is 0 Å². The normalized spacial score (nSPS) is 42.3. The first kappa shape index (κ1) is 7.60. The van der Waals surface area contributed by atoms with Gasteiger partial charge in [-0.1, -0.05) is 6.42 Å². The van der Waals surface area contributed by atoms with Crippen LogP contribution in [-0.4, -0.2) is 25.5 Å². The highest BCUT2D eigenvalue weighted by Gasteiger charge is 2.39. The molecule has 2 fully saturated rings. The maximum atomic E-state index is 2.35. The van der Waals surface area contributed by atoms with Crippen molar-refractivity contribution < 1.29 is 0 Å². The van der Waals surface area contributed by atoms with Crippen molar-refractivity contribution in [2.45, 2.75) is 25.7 Å². The summed E-state index contributed by atoms with van der Waals surface area (Å²) in [6.07, 6.45) is 6.15. The van der Waals surface area contributed by atoms with E-state index in [2.05, 4.69) is 19.0 Å². The van der Waals surface area contributed by atoms with Crippen molar-refractivity contribution in [1.29, 1.82) is 0 Å². The highest BCUT2D eigenvalue weighted by Crippen LogP contribution is 2.48. The Hall–Kier alpha value is -0.0400. The van der Waals surface area contributed by atoms with Crippen LogP contribution in [0.2, 0.25) is 0 Å². The molecule has 0 N–H and O–H groups in total. The topological polar surface area (TPSA) is 3.24 Å². The van der Waals surface area contributed by atoms with Gasteiger partial charge >= 0.3 is 0 Å². The molecule has 64 valence electrons. The van der Waals surface area contributed by atoms with Gasteiger partial charge in [-0.15, -0.1) is 0 Å². The van der Waals surface area contributed by atoms with Crippen LogP contribution in [-0.2, 0) is 0 Å². The number of nitrogens with zero attached hydrogens (tertiary/aromatic N) is 1. The Labute approximate surface area is 69.8 Å². The lowest BCUT2D eigenvalue weighted by Gasteiger charge is -2.24. The summed E-state index contributed by atoms with van der Waals surface area (Å²) in [5.74, 6) is 3.26. The van der Waals surface area contributed by atoms with E-state index in [4.69, 9.17) is 0 Å². The second kappa shape index (κ2) is 2.78. The fraction of sp³-hybridized carbons (Fsp3) is 1.00. The standard InChI is InChI=1S/C10H19N/c1-11(2)7-10-6-8-3-4-9(10)5-8/h8-10H,3-7H2,1-2H3. The number of fused-ring (bicyclic) bond motifs is 2. The Morgan fingerprint density at radius 3 is 2.45 bits per heavy atom. The quantitative estimate of drug-likeness (QED) is 0.586. The molecule has 0 amide bonds. The first-order valence-electron chi connectivity index (χ1n) is 4.90. The molecule has 0 heterocycles. The average Bonchev–Trinajstić information content (AvgIpc) is 2.45. The van der Waals surface area contributed by atoms with E-state index < -0.39 is 0 Å². The van der Waals surface area contributed by atoms with Gasteiger partial charge in [-0.3, -0.25) is 0 Å². The Kier molecular flexibility index (Phi) is 1.92. The molecule has 2 aliphatic rings. The van der Waals surface area contributed by atoms with Crippen molar-refractivity contribution in [1.82, 2.24) is 4.90 Å². The van der Waals surface area contributed by atoms with E-state index in [-0.39, 0.29) is 0 Å². The maximum Gasteiger partial charge on any atom is 0.000631 e. The van der Waals surface area contributed by atoms with Gasteiger partial charge in [0.1, 0.15) is 0 Å². The number of hydrogen-bond donors (Lipinski definition) is 0. The summed E-state index contributed by atoms with van der Waals surface area (Å²) in [5, 5.41) is 0. The van der Waals surface area contributed by atoms with Gasteiger partial charge in [0, 0.05) is 6.54 Å². The maximum absolute atomic E-state index is 2.35. The highest BCUT2D eigenvalue weighted by atomic mass is 15.1. The minimum absolute atomic E-state index is 1.05. The lowest BCUT2D eigenvalue weighted by molar-refractivity contribution is 0.247. The van der Waals surface area contributed by atoms with E-state index in [1.165, 1.54) is 25.8 Å². The van der Waals surface area contributed by atoms with E-state index in [1.54, 1.807) is 6.42 Å². The van der Waals surface area contributed by atoms with Crippen LogP contribution in [0.3, 0.4) is 0 Å². The molecule has 0 aromatic heterocycles. The van der Waals surface area contributed by atoms with E-state index in [1.807, 2.05) is 0 Å². The Morgan fingerprint density at radius 2 is 2.00 bits per heavy atom. The van der Waals surface area contributed by atoms with Crippen LogP contribution in [0.25, 0.3) is 0 Å². The number of rotatable bonds is 2. The molecule has 0 aromatic carbocycles. The molecule has 0 saturated heterocycles. The predicted octanol–water partition coefficient (Wildman–Crippen LogP) is 1.98. The van der Waals surface area contributed by atoms with Gasteiger partial charge < -0.3 is 4.90 Å². The third kappa shape index (κ3) is 1.44. The Bertz CT molecular complexity index is 142. The molecule has 2 rings (SSSR count). The smallest absolute Gasteiger partial charge is 0.000631 e. The van der Waals surface area contributed by atoms with Gasteiger partial charge in [-0.2, -0.15) is 0 Å². The zero-order valence-electron chi connectivity index (χ0n) is 7.71. The molecule has 0 spiro atoms. The van der Waals surface area contributed by atoms with Crippen LogP contribution < -0.4 is 0 Å². The molecule has 0 aromatic rings. The highest BCUT2D eigenvalue weighted by molar-refractivity contribution is 4.90. The third-order valence-corrected chi connectivity index (χ3v) is 3.48. The average molecular weight is 153 g/mol. The zero-order valence-corrected chi connectivity index (χ0v) is 7.71. The van der Waals surface area contributed by atoms with Crippen molar-refractivity contribution in [3.05, 3.63) is 0 Å². The Balaban J connectivity index is 1.87. The predicted molar refractivity (Wildman–Crippen MR) is 47.5 cm³/mol. The van der Waals surface area contributed by atoms with Crippen LogP contribution in [0.4, 0.5) is 0 Å². The molecule has 0 radical (unpaired) electrons. The molecule has 2 bridgehead atoms. The molecule has 1 heteroatoms. The molecule has 0 aliphatic heterocycles. The summed E-state index contributed by atoms with van der Waals surface area (Å²) in [5.41, 5.74) is 0. The summed E-state index contributed by atoms with van der Waals surface area (Å²) in [4.78, 5) is 2.35. The van der Waals surface area contributed by atoms with E-state index in [9.17, 15) is 0 Å². The van der Waals surface area contributed by atoms with E-state index in [0.717, 1.165) is 17.8 Å².